The third kappa shape index (κ3) is 2.55. The smallest absolute Gasteiger partial charge is 0.306 e. The third-order valence-corrected chi connectivity index (χ3v) is 4.46. The first-order valence-electron chi connectivity index (χ1n) is 7.24. The molecule has 3 unspecified atom stereocenters. The molecule has 1 aliphatic heterocycles. The zero-order chi connectivity index (χ0) is 14.1. The van der Waals surface area contributed by atoms with Gasteiger partial charge in [-0.05, 0) is 37.3 Å². The fourth-order valence-electron chi connectivity index (χ4n) is 3.23. The van der Waals surface area contributed by atoms with Gasteiger partial charge < -0.3 is 10.4 Å². The molecule has 0 aromatic heterocycles. The van der Waals surface area contributed by atoms with Gasteiger partial charge in [0.1, 0.15) is 5.84 Å². The van der Waals surface area contributed by atoms with Crippen molar-refractivity contribution in [3.05, 3.63) is 35.4 Å². The number of carboxylic acids is 1. The summed E-state index contributed by atoms with van der Waals surface area (Å²) >= 11 is 0. The summed E-state index contributed by atoms with van der Waals surface area (Å²) in [6.07, 6.45) is 3.14. The molecule has 4 heteroatoms. The summed E-state index contributed by atoms with van der Waals surface area (Å²) in [4.78, 5) is 15.8. The Bertz CT molecular complexity index is 553. The molecule has 0 amide bonds. The van der Waals surface area contributed by atoms with Crippen molar-refractivity contribution in [3.8, 4) is 0 Å². The molecule has 20 heavy (non-hydrogen) atoms. The number of aryl methyl sites for hydroxylation is 1. The Labute approximate surface area is 118 Å². The topological polar surface area (TPSA) is 61.7 Å². The van der Waals surface area contributed by atoms with Crippen LogP contribution >= 0.6 is 0 Å². The SMILES string of the molecule is Cc1ccccc1CC1=NC2CCC(C(=O)O)CC2N1. The molecular formula is C16H20N2O2. The highest BCUT2D eigenvalue weighted by Gasteiger charge is 2.37. The summed E-state index contributed by atoms with van der Waals surface area (Å²) in [5.74, 6) is 0.134. The fraction of sp³-hybridized carbons (Fsp3) is 0.500. The molecule has 0 radical (unpaired) electrons. The molecule has 1 heterocycles. The summed E-state index contributed by atoms with van der Waals surface area (Å²) in [5, 5.41) is 12.6. The number of carboxylic acid groups (broad SMARTS) is 1. The Kier molecular flexibility index (Phi) is 3.47. The molecule has 0 spiro atoms. The highest BCUT2D eigenvalue weighted by Crippen LogP contribution is 2.30. The maximum atomic E-state index is 11.1. The van der Waals surface area contributed by atoms with Crippen LogP contribution in [0.4, 0.5) is 0 Å². The van der Waals surface area contributed by atoms with Crippen molar-refractivity contribution in [2.24, 2.45) is 10.9 Å². The fourth-order valence-corrected chi connectivity index (χ4v) is 3.23. The molecule has 2 N–H and O–H groups in total. The number of nitrogens with zero attached hydrogens (tertiary/aromatic N) is 1. The van der Waals surface area contributed by atoms with Crippen LogP contribution in [0.15, 0.2) is 29.3 Å². The van der Waals surface area contributed by atoms with Gasteiger partial charge in [0.15, 0.2) is 0 Å². The first-order valence-corrected chi connectivity index (χ1v) is 7.24. The minimum Gasteiger partial charge on any atom is -0.481 e. The number of benzene rings is 1. The second-order valence-corrected chi connectivity index (χ2v) is 5.85. The lowest BCUT2D eigenvalue weighted by Gasteiger charge is -2.28. The predicted molar refractivity (Wildman–Crippen MR) is 78.0 cm³/mol. The van der Waals surface area contributed by atoms with Gasteiger partial charge in [-0.15, -0.1) is 0 Å². The molecule has 1 fully saturated rings. The summed E-state index contributed by atoms with van der Waals surface area (Å²) < 4.78 is 0. The number of nitrogens with one attached hydrogen (secondary N) is 1. The molecular weight excluding hydrogens is 252 g/mol. The molecule has 1 saturated carbocycles. The molecule has 3 rings (SSSR count). The van der Waals surface area contributed by atoms with E-state index in [9.17, 15) is 4.79 Å². The van der Waals surface area contributed by atoms with E-state index in [4.69, 9.17) is 10.1 Å². The molecule has 3 atom stereocenters. The van der Waals surface area contributed by atoms with Crippen LogP contribution in [0.3, 0.4) is 0 Å². The van der Waals surface area contributed by atoms with Crippen LogP contribution in [-0.2, 0) is 11.2 Å². The monoisotopic (exact) mass is 272 g/mol. The normalized spacial score (nSPS) is 28.4. The first-order chi connectivity index (χ1) is 9.63. The zero-order valence-corrected chi connectivity index (χ0v) is 11.7. The number of amidine groups is 1. The number of aliphatic carboxylic acids is 1. The Morgan fingerprint density at radius 3 is 2.95 bits per heavy atom. The van der Waals surface area contributed by atoms with Crippen molar-refractivity contribution in [1.29, 1.82) is 0 Å². The van der Waals surface area contributed by atoms with Crippen molar-refractivity contribution in [1.82, 2.24) is 5.32 Å². The Morgan fingerprint density at radius 1 is 1.40 bits per heavy atom. The van der Waals surface area contributed by atoms with E-state index in [1.807, 2.05) is 12.1 Å². The highest BCUT2D eigenvalue weighted by molar-refractivity contribution is 5.87. The number of hydrogen-bond donors (Lipinski definition) is 2. The number of hydrogen-bond acceptors (Lipinski definition) is 3. The minimum absolute atomic E-state index is 0.211. The Hall–Kier alpha value is -1.84. The maximum Gasteiger partial charge on any atom is 0.306 e. The van der Waals surface area contributed by atoms with E-state index >= 15 is 0 Å². The van der Waals surface area contributed by atoms with Gasteiger partial charge >= 0.3 is 5.97 Å². The van der Waals surface area contributed by atoms with Crippen LogP contribution in [0.2, 0.25) is 0 Å². The quantitative estimate of drug-likeness (QED) is 0.886. The second-order valence-electron chi connectivity index (χ2n) is 5.85. The standard InChI is InChI=1S/C16H20N2O2/c1-10-4-2-3-5-11(10)9-15-17-13-7-6-12(16(19)20)8-14(13)18-15/h2-5,12-14H,6-9H2,1H3,(H,17,18)(H,19,20). The average Bonchev–Trinajstić information content (AvgIpc) is 2.82. The van der Waals surface area contributed by atoms with E-state index in [2.05, 4.69) is 24.4 Å². The molecule has 4 nitrogen and oxygen atoms in total. The predicted octanol–water partition coefficient (Wildman–Crippen LogP) is 2.16. The zero-order valence-electron chi connectivity index (χ0n) is 11.7. The average molecular weight is 272 g/mol. The van der Waals surface area contributed by atoms with Crippen LogP contribution in [0.5, 0.6) is 0 Å². The van der Waals surface area contributed by atoms with Crippen LogP contribution in [0, 0.1) is 12.8 Å². The largest absolute Gasteiger partial charge is 0.481 e. The number of aliphatic imine (C=N–C) groups is 1. The van der Waals surface area contributed by atoms with E-state index < -0.39 is 5.97 Å². The van der Waals surface area contributed by atoms with E-state index in [0.29, 0.717) is 6.42 Å². The Balaban J connectivity index is 1.67. The lowest BCUT2D eigenvalue weighted by atomic mass is 9.83. The van der Waals surface area contributed by atoms with E-state index in [1.165, 1.54) is 11.1 Å². The van der Waals surface area contributed by atoms with E-state index in [0.717, 1.165) is 25.1 Å². The van der Waals surface area contributed by atoms with Gasteiger partial charge in [0, 0.05) is 6.42 Å². The molecule has 106 valence electrons. The molecule has 1 aromatic carbocycles. The van der Waals surface area contributed by atoms with Gasteiger partial charge in [0.2, 0.25) is 0 Å². The summed E-state index contributed by atoms with van der Waals surface area (Å²) in [6, 6.07) is 8.80. The Morgan fingerprint density at radius 2 is 2.20 bits per heavy atom. The van der Waals surface area contributed by atoms with Gasteiger partial charge in [-0.2, -0.15) is 0 Å². The number of fused-ring (bicyclic) bond motifs is 1. The van der Waals surface area contributed by atoms with E-state index in [-0.39, 0.29) is 18.0 Å². The number of rotatable bonds is 3. The van der Waals surface area contributed by atoms with Gasteiger partial charge in [-0.1, -0.05) is 24.3 Å². The first kappa shape index (κ1) is 13.2. The molecule has 1 aromatic rings. The van der Waals surface area contributed by atoms with Crippen molar-refractivity contribution >= 4 is 11.8 Å². The van der Waals surface area contributed by atoms with Crippen molar-refractivity contribution < 1.29 is 9.90 Å². The molecule has 1 aliphatic carbocycles. The second kappa shape index (κ2) is 5.27. The van der Waals surface area contributed by atoms with Gasteiger partial charge in [-0.3, -0.25) is 9.79 Å². The molecule has 0 saturated heterocycles. The van der Waals surface area contributed by atoms with Crippen molar-refractivity contribution in [2.75, 3.05) is 0 Å². The molecule has 2 aliphatic rings. The lowest BCUT2D eigenvalue weighted by molar-refractivity contribution is -0.143. The van der Waals surface area contributed by atoms with Gasteiger partial charge in [-0.25, -0.2) is 0 Å². The van der Waals surface area contributed by atoms with E-state index in [1.54, 1.807) is 0 Å². The van der Waals surface area contributed by atoms with Crippen molar-refractivity contribution in [3.63, 3.8) is 0 Å². The van der Waals surface area contributed by atoms with Gasteiger partial charge in [0.05, 0.1) is 18.0 Å². The summed E-state index contributed by atoms with van der Waals surface area (Å²) in [5.41, 5.74) is 2.56. The maximum absolute atomic E-state index is 11.1. The molecule has 0 bridgehead atoms. The van der Waals surface area contributed by atoms with Gasteiger partial charge in [0.25, 0.3) is 0 Å². The highest BCUT2D eigenvalue weighted by atomic mass is 16.4. The number of carbonyl (C=O) groups is 1. The summed E-state index contributed by atoms with van der Waals surface area (Å²) in [7, 11) is 0. The minimum atomic E-state index is -0.669. The van der Waals surface area contributed by atoms with Crippen LogP contribution in [-0.4, -0.2) is 29.0 Å². The van der Waals surface area contributed by atoms with Crippen LogP contribution < -0.4 is 5.32 Å². The lowest BCUT2D eigenvalue weighted by Crippen LogP contribution is -2.41. The summed E-state index contributed by atoms with van der Waals surface area (Å²) in [6.45, 7) is 2.11. The van der Waals surface area contributed by atoms with Crippen molar-refractivity contribution in [2.45, 2.75) is 44.7 Å². The van der Waals surface area contributed by atoms with Crippen LogP contribution in [0.25, 0.3) is 0 Å². The third-order valence-electron chi connectivity index (χ3n) is 4.46. The van der Waals surface area contributed by atoms with Crippen LogP contribution in [0.1, 0.15) is 30.4 Å².